The highest BCUT2D eigenvalue weighted by Crippen LogP contribution is 2.24. The fraction of sp³-hybridized carbons (Fsp3) is 0.435. The van der Waals surface area contributed by atoms with E-state index < -0.39 is 0 Å². The van der Waals surface area contributed by atoms with Gasteiger partial charge >= 0.3 is 0 Å². The highest BCUT2D eigenvalue weighted by atomic mass is 16.3. The molecule has 160 valence electrons. The number of likely N-dealkylation sites (N-methyl/N-ethyl adjacent to an activating group) is 1. The first-order valence-corrected chi connectivity index (χ1v) is 10.3. The highest BCUT2D eigenvalue weighted by Gasteiger charge is 2.28. The first-order valence-electron chi connectivity index (χ1n) is 10.3. The third-order valence-corrected chi connectivity index (χ3v) is 5.53. The number of nitrogens with zero attached hydrogens (tertiary/aromatic N) is 3. The molecule has 0 saturated carbocycles. The summed E-state index contributed by atoms with van der Waals surface area (Å²) >= 11 is 0. The Morgan fingerprint density at radius 2 is 2.07 bits per heavy atom. The van der Waals surface area contributed by atoms with Gasteiger partial charge in [-0.1, -0.05) is 30.3 Å². The molecule has 2 amide bonds. The molecule has 0 spiro atoms. The summed E-state index contributed by atoms with van der Waals surface area (Å²) in [5.74, 6) is -0.177. The number of benzene rings is 1. The van der Waals surface area contributed by atoms with Gasteiger partial charge in [-0.3, -0.25) is 19.5 Å². The van der Waals surface area contributed by atoms with E-state index in [-0.39, 0.29) is 30.4 Å². The molecule has 2 aromatic rings. The van der Waals surface area contributed by atoms with Crippen molar-refractivity contribution in [3.8, 4) is 0 Å². The van der Waals surface area contributed by atoms with Crippen LogP contribution in [0.25, 0.3) is 0 Å². The van der Waals surface area contributed by atoms with E-state index in [0.29, 0.717) is 24.5 Å². The molecule has 0 aliphatic carbocycles. The lowest BCUT2D eigenvalue weighted by atomic mass is 10.0. The van der Waals surface area contributed by atoms with Crippen molar-refractivity contribution in [2.45, 2.75) is 38.8 Å². The van der Waals surface area contributed by atoms with Crippen LogP contribution in [0.2, 0.25) is 0 Å². The van der Waals surface area contributed by atoms with Crippen LogP contribution >= 0.6 is 0 Å². The number of β-amino-alcohol motifs (C(OH)–C–C–N with tert-alkyl or cyclic N) is 1. The van der Waals surface area contributed by atoms with Crippen LogP contribution in [0, 0.1) is 6.92 Å². The highest BCUT2D eigenvalue weighted by molar-refractivity contribution is 5.89. The summed E-state index contributed by atoms with van der Waals surface area (Å²) in [4.78, 5) is 32.7. The third kappa shape index (κ3) is 5.64. The van der Waals surface area contributed by atoms with Crippen molar-refractivity contribution in [2.75, 3.05) is 32.0 Å². The zero-order valence-electron chi connectivity index (χ0n) is 17.8. The molecule has 0 bridgehead atoms. The van der Waals surface area contributed by atoms with Crippen molar-refractivity contribution in [2.24, 2.45) is 0 Å². The van der Waals surface area contributed by atoms with Crippen LogP contribution in [-0.4, -0.2) is 64.5 Å². The van der Waals surface area contributed by atoms with Crippen molar-refractivity contribution in [3.05, 3.63) is 59.4 Å². The smallest absolute Gasteiger partial charge is 0.228 e. The van der Waals surface area contributed by atoms with Gasteiger partial charge in [-0.2, -0.15) is 0 Å². The monoisotopic (exact) mass is 410 g/mol. The van der Waals surface area contributed by atoms with E-state index in [1.807, 2.05) is 50.4 Å². The molecule has 2 atom stereocenters. The number of rotatable bonds is 7. The number of carbonyl (C=O) groups excluding carboxylic acids is 2. The van der Waals surface area contributed by atoms with E-state index in [1.54, 1.807) is 11.1 Å². The molecule has 7 nitrogen and oxygen atoms in total. The van der Waals surface area contributed by atoms with Gasteiger partial charge < -0.3 is 15.3 Å². The molecular formula is C23H30N4O3. The number of aromatic nitrogens is 1. The molecule has 2 heterocycles. The van der Waals surface area contributed by atoms with E-state index in [9.17, 15) is 14.7 Å². The van der Waals surface area contributed by atoms with E-state index in [2.05, 4.69) is 15.2 Å². The topological polar surface area (TPSA) is 85.8 Å². The van der Waals surface area contributed by atoms with Crippen LogP contribution in [0.4, 0.5) is 5.69 Å². The molecule has 1 saturated heterocycles. The lowest BCUT2D eigenvalue weighted by Gasteiger charge is -2.32. The summed E-state index contributed by atoms with van der Waals surface area (Å²) in [6, 6.07) is 11.7. The van der Waals surface area contributed by atoms with Crippen LogP contribution < -0.4 is 5.32 Å². The number of hydrogen-bond acceptors (Lipinski definition) is 5. The average molecular weight is 411 g/mol. The maximum atomic E-state index is 13.1. The number of hydrogen-bond donors (Lipinski definition) is 2. The number of likely N-dealkylation sites (tertiary alicyclic amines) is 1. The summed E-state index contributed by atoms with van der Waals surface area (Å²) in [6.45, 7) is 5.48. The Morgan fingerprint density at radius 3 is 2.67 bits per heavy atom. The summed E-state index contributed by atoms with van der Waals surface area (Å²) < 4.78 is 0. The van der Waals surface area contributed by atoms with Gasteiger partial charge in [0.2, 0.25) is 11.8 Å². The number of carbonyl (C=O) groups is 2. The van der Waals surface area contributed by atoms with Gasteiger partial charge in [-0.05, 0) is 30.5 Å². The Labute approximate surface area is 177 Å². The minimum absolute atomic E-state index is 0.0252. The predicted molar refractivity (Wildman–Crippen MR) is 116 cm³/mol. The molecule has 1 aromatic carbocycles. The minimum Gasteiger partial charge on any atom is -0.392 e. The first kappa shape index (κ1) is 21.9. The number of aryl methyl sites for hydroxylation is 1. The standard InChI is InChI=1S/C23H30N4O3/c1-16-11-19(24-13-21(16)25-17(2)28)12-23(30)26(3)22(18-7-5-4-6-8-18)15-27-10-9-20(29)14-27/h4-8,11,13,20,22,29H,9-10,12,14-15H2,1-3H3,(H,25,28). The van der Waals surface area contributed by atoms with E-state index in [4.69, 9.17) is 0 Å². The number of anilines is 1. The molecule has 7 heteroatoms. The second-order valence-corrected chi connectivity index (χ2v) is 7.98. The van der Waals surface area contributed by atoms with E-state index >= 15 is 0 Å². The molecule has 3 rings (SSSR count). The van der Waals surface area contributed by atoms with Gasteiger partial charge in [0, 0.05) is 33.6 Å². The molecule has 1 aliphatic rings. The van der Waals surface area contributed by atoms with Gasteiger partial charge in [0.15, 0.2) is 0 Å². The van der Waals surface area contributed by atoms with Gasteiger partial charge in [-0.25, -0.2) is 0 Å². The van der Waals surface area contributed by atoms with E-state index in [0.717, 1.165) is 24.1 Å². The zero-order chi connectivity index (χ0) is 21.7. The number of amides is 2. The second-order valence-electron chi connectivity index (χ2n) is 7.98. The number of aliphatic hydroxyl groups excluding tert-OH is 1. The number of nitrogens with one attached hydrogen (secondary N) is 1. The fourth-order valence-corrected chi connectivity index (χ4v) is 3.83. The van der Waals surface area contributed by atoms with Crippen LogP contribution in [0.15, 0.2) is 42.6 Å². The lowest BCUT2D eigenvalue weighted by molar-refractivity contribution is -0.131. The normalized spacial score (nSPS) is 17.5. The molecule has 30 heavy (non-hydrogen) atoms. The average Bonchev–Trinajstić information content (AvgIpc) is 3.13. The predicted octanol–water partition coefficient (Wildman–Crippen LogP) is 2.16. The molecular weight excluding hydrogens is 380 g/mol. The number of aliphatic hydroxyl groups is 1. The van der Waals surface area contributed by atoms with Crippen LogP contribution in [0.3, 0.4) is 0 Å². The maximum absolute atomic E-state index is 13.1. The minimum atomic E-state index is -0.295. The van der Waals surface area contributed by atoms with Gasteiger partial charge in [0.25, 0.3) is 0 Å². The fourth-order valence-electron chi connectivity index (χ4n) is 3.83. The lowest BCUT2D eigenvalue weighted by Crippen LogP contribution is -2.39. The molecule has 1 aliphatic heterocycles. The van der Waals surface area contributed by atoms with Gasteiger partial charge in [-0.15, -0.1) is 0 Å². The Hall–Kier alpha value is -2.77. The Morgan fingerprint density at radius 1 is 1.33 bits per heavy atom. The van der Waals surface area contributed by atoms with Gasteiger partial charge in [0.05, 0.1) is 36.1 Å². The number of pyridine rings is 1. The largest absolute Gasteiger partial charge is 0.392 e. The molecule has 1 aromatic heterocycles. The Balaban J connectivity index is 1.73. The van der Waals surface area contributed by atoms with Crippen molar-refractivity contribution in [1.82, 2.24) is 14.8 Å². The van der Waals surface area contributed by atoms with Crippen molar-refractivity contribution in [3.63, 3.8) is 0 Å². The quantitative estimate of drug-likeness (QED) is 0.731. The second kappa shape index (κ2) is 9.82. The summed E-state index contributed by atoms with van der Waals surface area (Å²) in [5.41, 5.74) is 3.26. The summed E-state index contributed by atoms with van der Waals surface area (Å²) in [5, 5.41) is 12.6. The Bertz CT molecular complexity index is 887. The Kier molecular flexibility index (Phi) is 7.18. The van der Waals surface area contributed by atoms with E-state index in [1.165, 1.54) is 6.92 Å². The SMILES string of the molecule is CC(=O)Nc1cnc(CC(=O)N(C)C(CN2CCC(O)C2)c2ccccc2)cc1C. The summed E-state index contributed by atoms with van der Waals surface area (Å²) in [7, 11) is 1.82. The van der Waals surface area contributed by atoms with Crippen molar-refractivity contribution >= 4 is 17.5 Å². The molecule has 2 unspecified atom stereocenters. The van der Waals surface area contributed by atoms with Crippen LogP contribution in [-0.2, 0) is 16.0 Å². The van der Waals surface area contributed by atoms with Gasteiger partial charge in [0.1, 0.15) is 0 Å². The molecule has 2 N–H and O–H groups in total. The van der Waals surface area contributed by atoms with Crippen molar-refractivity contribution in [1.29, 1.82) is 0 Å². The van der Waals surface area contributed by atoms with Crippen LogP contribution in [0.1, 0.15) is 36.2 Å². The zero-order valence-corrected chi connectivity index (χ0v) is 17.8. The molecule has 0 radical (unpaired) electrons. The maximum Gasteiger partial charge on any atom is 0.228 e. The van der Waals surface area contributed by atoms with Crippen molar-refractivity contribution < 1.29 is 14.7 Å². The first-order chi connectivity index (χ1) is 14.3. The molecule has 1 fully saturated rings. The summed E-state index contributed by atoms with van der Waals surface area (Å²) in [6.07, 6.45) is 2.25. The van der Waals surface area contributed by atoms with Crippen LogP contribution in [0.5, 0.6) is 0 Å². The third-order valence-electron chi connectivity index (χ3n) is 5.53.